The van der Waals surface area contributed by atoms with Crippen molar-refractivity contribution in [2.75, 3.05) is 11.0 Å². The maximum atomic E-state index is 11.4. The van der Waals surface area contributed by atoms with Gasteiger partial charge in [-0.3, -0.25) is 0 Å². The molecule has 0 aliphatic carbocycles. The van der Waals surface area contributed by atoms with Gasteiger partial charge in [0.1, 0.15) is 0 Å². The summed E-state index contributed by atoms with van der Waals surface area (Å²) in [6.45, 7) is 0.411. The summed E-state index contributed by atoms with van der Waals surface area (Å²) in [6, 6.07) is 14.4. The number of cyclic esters (lactones) is 2. The van der Waals surface area contributed by atoms with Gasteiger partial charge in [-0.1, -0.05) is 59.0 Å². The number of ether oxygens (including phenoxy) is 2. The van der Waals surface area contributed by atoms with Crippen LogP contribution < -0.4 is 0 Å². The van der Waals surface area contributed by atoms with Crippen molar-refractivity contribution >= 4 is 39.5 Å². The molecule has 19 heavy (non-hydrogen) atoms. The van der Waals surface area contributed by atoms with Crippen LogP contribution >= 0.6 is 22.6 Å². The maximum Gasteiger partial charge on any atom is 0.509 e. The van der Waals surface area contributed by atoms with Crippen LogP contribution in [0.2, 0.25) is 0 Å². The van der Waals surface area contributed by atoms with E-state index in [0.717, 1.165) is 15.4 Å². The molecule has 1 atom stereocenters. The van der Waals surface area contributed by atoms with Gasteiger partial charge in [-0.2, -0.15) is 0 Å². The van der Waals surface area contributed by atoms with Crippen LogP contribution in [-0.4, -0.2) is 17.2 Å². The SMILES string of the molecule is O=C1OCC[C@](CI)(c2ccc3ccccc3c2)O1. The topological polar surface area (TPSA) is 35.5 Å². The van der Waals surface area contributed by atoms with E-state index < -0.39 is 11.8 Å². The Labute approximate surface area is 125 Å². The minimum absolute atomic E-state index is 0.411. The first-order valence-corrected chi connectivity index (χ1v) is 7.67. The van der Waals surface area contributed by atoms with Crippen molar-refractivity contribution < 1.29 is 14.3 Å². The van der Waals surface area contributed by atoms with Gasteiger partial charge in [0.2, 0.25) is 0 Å². The molecule has 1 saturated heterocycles. The monoisotopic (exact) mass is 368 g/mol. The molecule has 0 N–H and O–H groups in total. The van der Waals surface area contributed by atoms with E-state index in [1.807, 2.05) is 18.2 Å². The molecule has 1 aliphatic rings. The van der Waals surface area contributed by atoms with Crippen molar-refractivity contribution in [1.82, 2.24) is 0 Å². The molecule has 1 heterocycles. The standard InChI is InChI=1S/C15H13IO3/c16-10-15(7-8-18-14(17)19-15)13-6-5-11-3-1-2-4-12(11)9-13/h1-6,9H,7-8,10H2/t15-/m0/s1. The van der Waals surface area contributed by atoms with Crippen molar-refractivity contribution in [3.63, 3.8) is 0 Å². The highest BCUT2D eigenvalue weighted by atomic mass is 127. The van der Waals surface area contributed by atoms with Crippen LogP contribution in [0, 0.1) is 0 Å². The first-order valence-electron chi connectivity index (χ1n) is 6.14. The molecule has 0 aromatic heterocycles. The van der Waals surface area contributed by atoms with Crippen LogP contribution in [0.25, 0.3) is 10.8 Å². The van der Waals surface area contributed by atoms with Gasteiger partial charge in [0.05, 0.1) is 6.61 Å². The van der Waals surface area contributed by atoms with E-state index in [4.69, 9.17) is 9.47 Å². The third-order valence-corrected chi connectivity index (χ3v) is 4.73. The number of rotatable bonds is 2. The van der Waals surface area contributed by atoms with Crippen LogP contribution in [-0.2, 0) is 15.1 Å². The van der Waals surface area contributed by atoms with Gasteiger partial charge in [0, 0.05) is 10.8 Å². The van der Waals surface area contributed by atoms with E-state index in [1.165, 1.54) is 5.39 Å². The second-order valence-electron chi connectivity index (χ2n) is 4.64. The van der Waals surface area contributed by atoms with Gasteiger partial charge in [0.15, 0.2) is 5.60 Å². The third-order valence-electron chi connectivity index (χ3n) is 3.50. The van der Waals surface area contributed by atoms with Crippen LogP contribution in [0.5, 0.6) is 0 Å². The number of halogens is 1. The Kier molecular flexibility index (Phi) is 3.35. The predicted octanol–water partition coefficient (Wildman–Crippen LogP) is 4.03. The number of carbonyl (C=O) groups excluding carboxylic acids is 1. The molecule has 3 nitrogen and oxygen atoms in total. The van der Waals surface area contributed by atoms with E-state index in [2.05, 4.69) is 46.9 Å². The lowest BCUT2D eigenvalue weighted by atomic mass is 9.90. The molecule has 0 saturated carbocycles. The summed E-state index contributed by atoms with van der Waals surface area (Å²) in [5.74, 6) is 0. The Morgan fingerprint density at radius 1 is 1.16 bits per heavy atom. The summed E-state index contributed by atoms with van der Waals surface area (Å²) < 4.78 is 11.1. The number of carbonyl (C=O) groups is 1. The van der Waals surface area contributed by atoms with Gasteiger partial charge in [-0.25, -0.2) is 4.79 Å². The van der Waals surface area contributed by atoms with E-state index in [-0.39, 0.29) is 0 Å². The first-order chi connectivity index (χ1) is 9.23. The van der Waals surface area contributed by atoms with Crippen molar-refractivity contribution in [2.45, 2.75) is 12.0 Å². The average Bonchev–Trinajstić information content (AvgIpc) is 2.46. The van der Waals surface area contributed by atoms with Crippen molar-refractivity contribution in [1.29, 1.82) is 0 Å². The Morgan fingerprint density at radius 2 is 1.95 bits per heavy atom. The molecule has 3 rings (SSSR count). The smallest absolute Gasteiger partial charge is 0.434 e. The molecular formula is C15H13IO3. The van der Waals surface area contributed by atoms with Crippen molar-refractivity contribution in [2.24, 2.45) is 0 Å². The second-order valence-corrected chi connectivity index (χ2v) is 5.40. The minimum Gasteiger partial charge on any atom is -0.434 e. The summed E-state index contributed by atoms with van der Waals surface area (Å²) in [6.07, 6.45) is 0.121. The van der Waals surface area contributed by atoms with Gasteiger partial charge in [0.25, 0.3) is 0 Å². The van der Waals surface area contributed by atoms with Gasteiger partial charge in [-0.05, 0) is 22.4 Å². The Hall–Kier alpha value is -1.30. The maximum absolute atomic E-state index is 11.4. The number of hydrogen-bond acceptors (Lipinski definition) is 3. The van der Waals surface area contributed by atoms with E-state index >= 15 is 0 Å². The largest absolute Gasteiger partial charge is 0.509 e. The Bertz CT molecular complexity index is 626. The van der Waals surface area contributed by atoms with E-state index in [1.54, 1.807) is 0 Å². The summed E-state index contributed by atoms with van der Waals surface area (Å²) in [5.41, 5.74) is 0.483. The minimum atomic E-state index is -0.573. The summed E-state index contributed by atoms with van der Waals surface area (Å²) >= 11 is 2.26. The number of hydrogen-bond donors (Lipinski definition) is 0. The lowest BCUT2D eigenvalue weighted by molar-refractivity contribution is -0.0749. The number of alkyl halides is 1. The molecule has 0 radical (unpaired) electrons. The molecule has 0 amide bonds. The normalized spacial score (nSPS) is 22.9. The molecule has 2 aromatic carbocycles. The zero-order valence-electron chi connectivity index (χ0n) is 10.3. The molecule has 1 fully saturated rings. The van der Waals surface area contributed by atoms with Gasteiger partial charge < -0.3 is 9.47 Å². The van der Waals surface area contributed by atoms with Crippen molar-refractivity contribution in [3.05, 3.63) is 48.0 Å². The Balaban J connectivity index is 2.08. The van der Waals surface area contributed by atoms with Crippen LogP contribution in [0.1, 0.15) is 12.0 Å². The zero-order valence-corrected chi connectivity index (χ0v) is 12.4. The van der Waals surface area contributed by atoms with Gasteiger partial charge >= 0.3 is 6.16 Å². The molecule has 4 heteroatoms. The van der Waals surface area contributed by atoms with Crippen LogP contribution in [0.3, 0.4) is 0 Å². The molecule has 98 valence electrons. The highest BCUT2D eigenvalue weighted by Crippen LogP contribution is 2.36. The third kappa shape index (κ3) is 2.29. The summed E-state index contributed by atoms with van der Waals surface area (Å²) in [5, 5.41) is 2.35. The van der Waals surface area contributed by atoms with Gasteiger partial charge in [-0.15, -0.1) is 0 Å². The Morgan fingerprint density at radius 3 is 2.68 bits per heavy atom. The zero-order chi connectivity index (χ0) is 13.3. The second kappa shape index (κ2) is 5.00. The average molecular weight is 368 g/mol. The van der Waals surface area contributed by atoms with E-state index in [9.17, 15) is 4.79 Å². The summed E-state index contributed by atoms with van der Waals surface area (Å²) in [7, 11) is 0. The van der Waals surface area contributed by atoms with Crippen LogP contribution in [0.15, 0.2) is 42.5 Å². The lowest BCUT2D eigenvalue weighted by Crippen LogP contribution is -2.40. The van der Waals surface area contributed by atoms with Crippen LogP contribution in [0.4, 0.5) is 4.79 Å². The van der Waals surface area contributed by atoms with E-state index in [0.29, 0.717) is 13.0 Å². The molecule has 2 aromatic rings. The number of benzene rings is 2. The quantitative estimate of drug-likeness (QED) is 0.456. The fraction of sp³-hybridized carbons (Fsp3) is 0.267. The summed E-state index contributed by atoms with van der Waals surface area (Å²) in [4.78, 5) is 11.4. The lowest BCUT2D eigenvalue weighted by Gasteiger charge is -2.35. The highest BCUT2D eigenvalue weighted by Gasteiger charge is 2.39. The molecule has 0 spiro atoms. The molecule has 0 unspecified atom stereocenters. The fourth-order valence-corrected chi connectivity index (χ4v) is 3.36. The molecule has 1 aliphatic heterocycles. The molecular weight excluding hydrogens is 355 g/mol. The fourth-order valence-electron chi connectivity index (χ4n) is 2.39. The first kappa shape index (κ1) is 12.7. The van der Waals surface area contributed by atoms with Crippen molar-refractivity contribution in [3.8, 4) is 0 Å². The molecule has 0 bridgehead atoms. The highest BCUT2D eigenvalue weighted by molar-refractivity contribution is 14.1. The predicted molar refractivity (Wildman–Crippen MR) is 81.6 cm³/mol. The number of fused-ring (bicyclic) bond motifs is 1.